The minimum atomic E-state index is 0. The fourth-order valence-corrected chi connectivity index (χ4v) is 1.95. The van der Waals surface area contributed by atoms with Gasteiger partial charge in [-0.1, -0.05) is 11.6 Å². The first-order chi connectivity index (χ1) is 6.81. The van der Waals surface area contributed by atoms with E-state index in [1.807, 2.05) is 6.07 Å². The number of hydrogen-bond donors (Lipinski definition) is 1. The molecule has 1 fully saturated rings. The van der Waals surface area contributed by atoms with E-state index in [0.29, 0.717) is 17.7 Å². The van der Waals surface area contributed by atoms with Crippen LogP contribution < -0.4 is 10.6 Å². The van der Waals surface area contributed by atoms with Crippen molar-refractivity contribution in [3.8, 4) is 0 Å². The number of halogens is 2. The van der Waals surface area contributed by atoms with Crippen LogP contribution in [0.3, 0.4) is 0 Å². The Morgan fingerprint density at radius 1 is 1.47 bits per heavy atom. The van der Waals surface area contributed by atoms with Crippen LogP contribution in [0.4, 0.5) is 5.82 Å². The van der Waals surface area contributed by atoms with Gasteiger partial charge in [-0.05, 0) is 25.0 Å². The molecule has 1 unspecified atom stereocenters. The molecule has 0 spiro atoms. The normalized spacial score (nSPS) is 20.1. The van der Waals surface area contributed by atoms with Crippen LogP contribution in [0.1, 0.15) is 12.8 Å². The highest BCUT2D eigenvalue weighted by Crippen LogP contribution is 2.22. The maximum atomic E-state index is 5.68. The minimum Gasteiger partial charge on any atom is -0.351 e. The van der Waals surface area contributed by atoms with Crippen LogP contribution in [-0.2, 0) is 0 Å². The van der Waals surface area contributed by atoms with E-state index >= 15 is 0 Å². The van der Waals surface area contributed by atoms with Gasteiger partial charge in [0, 0.05) is 19.1 Å². The molecule has 0 saturated carbocycles. The second-order valence-corrected chi connectivity index (χ2v) is 3.83. The molecule has 1 aromatic rings. The largest absolute Gasteiger partial charge is 0.351 e. The average molecular weight is 249 g/mol. The van der Waals surface area contributed by atoms with E-state index in [1.54, 1.807) is 6.07 Å². The molecule has 2 rings (SSSR count). The average Bonchev–Trinajstić information content (AvgIpc) is 2.67. The first kappa shape index (κ1) is 12.5. The molecular weight excluding hydrogens is 235 g/mol. The predicted molar refractivity (Wildman–Crippen MR) is 63.7 cm³/mol. The quantitative estimate of drug-likeness (QED) is 0.862. The smallest absolute Gasteiger partial charge is 0.151 e. The first-order valence-electron chi connectivity index (χ1n) is 4.77. The van der Waals surface area contributed by atoms with Crippen LogP contribution in [0, 0.1) is 0 Å². The molecule has 1 atom stereocenters. The Balaban J connectivity index is 0.00000112. The predicted octanol–water partition coefficient (Wildman–Crippen LogP) is 1.48. The lowest BCUT2D eigenvalue weighted by molar-refractivity contribution is 0.667. The number of nitrogens with two attached hydrogens (primary N) is 1. The van der Waals surface area contributed by atoms with Crippen LogP contribution in [-0.4, -0.2) is 29.3 Å². The fraction of sp³-hybridized carbons (Fsp3) is 0.556. The molecule has 0 radical (unpaired) electrons. The Hall–Kier alpha value is -0.580. The summed E-state index contributed by atoms with van der Waals surface area (Å²) in [7, 11) is 0. The van der Waals surface area contributed by atoms with Gasteiger partial charge < -0.3 is 10.6 Å². The van der Waals surface area contributed by atoms with Gasteiger partial charge in [0.2, 0.25) is 0 Å². The molecular formula is C9H14Cl2N4. The highest BCUT2D eigenvalue weighted by molar-refractivity contribution is 6.29. The van der Waals surface area contributed by atoms with Gasteiger partial charge in [0.15, 0.2) is 11.0 Å². The highest BCUT2D eigenvalue weighted by Gasteiger charge is 2.24. The molecule has 0 aliphatic carbocycles. The third-order valence-electron chi connectivity index (χ3n) is 2.56. The lowest BCUT2D eigenvalue weighted by Gasteiger charge is -2.23. The monoisotopic (exact) mass is 248 g/mol. The summed E-state index contributed by atoms with van der Waals surface area (Å²) in [5.74, 6) is 0.877. The molecule has 84 valence electrons. The van der Waals surface area contributed by atoms with Crippen molar-refractivity contribution < 1.29 is 0 Å². The summed E-state index contributed by atoms with van der Waals surface area (Å²) in [6.45, 7) is 1.68. The molecule has 2 N–H and O–H groups in total. The zero-order valence-electron chi connectivity index (χ0n) is 8.27. The lowest BCUT2D eigenvalue weighted by atomic mass is 10.2. The van der Waals surface area contributed by atoms with E-state index in [2.05, 4.69) is 15.1 Å². The van der Waals surface area contributed by atoms with Crippen molar-refractivity contribution in [2.75, 3.05) is 18.0 Å². The maximum absolute atomic E-state index is 5.68. The van der Waals surface area contributed by atoms with E-state index in [4.69, 9.17) is 17.3 Å². The molecule has 1 saturated heterocycles. The van der Waals surface area contributed by atoms with Crippen LogP contribution in [0.5, 0.6) is 0 Å². The van der Waals surface area contributed by atoms with Gasteiger partial charge in [0.1, 0.15) is 0 Å². The molecule has 1 aromatic heterocycles. The van der Waals surface area contributed by atoms with E-state index in [0.717, 1.165) is 18.8 Å². The van der Waals surface area contributed by atoms with Crippen molar-refractivity contribution in [1.82, 2.24) is 10.2 Å². The van der Waals surface area contributed by atoms with Crippen LogP contribution in [0.15, 0.2) is 12.1 Å². The Morgan fingerprint density at radius 2 is 2.27 bits per heavy atom. The van der Waals surface area contributed by atoms with Crippen molar-refractivity contribution in [3.05, 3.63) is 17.3 Å². The number of aromatic nitrogens is 2. The van der Waals surface area contributed by atoms with Crippen molar-refractivity contribution in [1.29, 1.82) is 0 Å². The number of anilines is 1. The van der Waals surface area contributed by atoms with Crippen molar-refractivity contribution in [3.63, 3.8) is 0 Å². The van der Waals surface area contributed by atoms with Gasteiger partial charge in [0.25, 0.3) is 0 Å². The zero-order chi connectivity index (χ0) is 9.97. The van der Waals surface area contributed by atoms with Crippen molar-refractivity contribution in [2.45, 2.75) is 18.9 Å². The molecule has 6 heteroatoms. The summed E-state index contributed by atoms with van der Waals surface area (Å²) in [6, 6.07) is 4.06. The van der Waals surface area contributed by atoms with Gasteiger partial charge in [-0.15, -0.1) is 22.6 Å². The van der Waals surface area contributed by atoms with Crippen LogP contribution in [0.25, 0.3) is 0 Å². The maximum Gasteiger partial charge on any atom is 0.151 e. The number of hydrogen-bond acceptors (Lipinski definition) is 4. The van der Waals surface area contributed by atoms with Gasteiger partial charge in [-0.3, -0.25) is 0 Å². The SMILES string of the molecule is Cl.NCC1CCCN1c1ccc(Cl)nn1. The summed E-state index contributed by atoms with van der Waals surface area (Å²) in [5, 5.41) is 8.30. The Kier molecular flexibility index (Phi) is 4.57. The first-order valence-corrected chi connectivity index (χ1v) is 5.15. The Labute approximate surface area is 100 Å². The molecule has 1 aliphatic rings. The van der Waals surface area contributed by atoms with E-state index in [9.17, 15) is 0 Å². The number of rotatable bonds is 2. The minimum absolute atomic E-state index is 0. The summed E-state index contributed by atoms with van der Waals surface area (Å²) < 4.78 is 0. The molecule has 1 aliphatic heterocycles. The topological polar surface area (TPSA) is 55.0 Å². The molecule has 15 heavy (non-hydrogen) atoms. The van der Waals surface area contributed by atoms with Crippen LogP contribution in [0.2, 0.25) is 5.15 Å². The number of nitrogens with zero attached hydrogens (tertiary/aromatic N) is 3. The van der Waals surface area contributed by atoms with E-state index in [-0.39, 0.29) is 12.4 Å². The Bertz CT molecular complexity index is 303. The molecule has 0 amide bonds. The molecule has 4 nitrogen and oxygen atoms in total. The summed E-state index contributed by atoms with van der Waals surface area (Å²) in [4.78, 5) is 2.20. The Morgan fingerprint density at radius 3 is 2.87 bits per heavy atom. The second kappa shape index (κ2) is 5.49. The fourth-order valence-electron chi connectivity index (χ4n) is 1.84. The highest BCUT2D eigenvalue weighted by atomic mass is 35.5. The van der Waals surface area contributed by atoms with E-state index in [1.165, 1.54) is 6.42 Å². The standard InChI is InChI=1S/C9H13ClN4.ClH/c10-8-3-4-9(13-12-8)14-5-1-2-7(14)6-11;/h3-4,7H,1-2,5-6,11H2;1H. The van der Waals surface area contributed by atoms with Gasteiger partial charge in [-0.25, -0.2) is 0 Å². The molecule has 0 bridgehead atoms. The van der Waals surface area contributed by atoms with Gasteiger partial charge in [0.05, 0.1) is 0 Å². The lowest BCUT2D eigenvalue weighted by Crippen LogP contribution is -2.35. The van der Waals surface area contributed by atoms with E-state index < -0.39 is 0 Å². The summed E-state index contributed by atoms with van der Waals surface area (Å²) >= 11 is 5.67. The summed E-state index contributed by atoms with van der Waals surface area (Å²) in [6.07, 6.45) is 2.31. The third-order valence-corrected chi connectivity index (χ3v) is 2.76. The third kappa shape index (κ3) is 2.71. The van der Waals surface area contributed by atoms with Gasteiger partial charge in [-0.2, -0.15) is 0 Å². The van der Waals surface area contributed by atoms with Crippen LogP contribution >= 0.6 is 24.0 Å². The van der Waals surface area contributed by atoms with Crippen molar-refractivity contribution in [2.24, 2.45) is 5.73 Å². The molecule has 2 heterocycles. The van der Waals surface area contributed by atoms with Gasteiger partial charge >= 0.3 is 0 Å². The molecule has 0 aromatic carbocycles. The second-order valence-electron chi connectivity index (χ2n) is 3.44. The zero-order valence-corrected chi connectivity index (χ0v) is 9.84. The summed E-state index contributed by atoms with van der Waals surface area (Å²) in [5.41, 5.74) is 5.68. The van der Waals surface area contributed by atoms with Crippen molar-refractivity contribution >= 4 is 29.8 Å².